The second-order valence-corrected chi connectivity index (χ2v) is 6.81. The lowest BCUT2D eigenvalue weighted by Gasteiger charge is -2.18. The van der Waals surface area contributed by atoms with Crippen LogP contribution in [0.4, 0.5) is 0 Å². The van der Waals surface area contributed by atoms with Gasteiger partial charge in [-0.15, -0.1) is 0 Å². The molecule has 27 heavy (non-hydrogen) atoms. The molecule has 0 bridgehead atoms. The van der Waals surface area contributed by atoms with Crippen molar-refractivity contribution >= 4 is 35.7 Å². The maximum absolute atomic E-state index is 12.4. The highest BCUT2D eigenvalue weighted by atomic mass is 35.5. The number of hydrogen-bond acceptors (Lipinski definition) is 5. The van der Waals surface area contributed by atoms with Crippen molar-refractivity contribution < 1.29 is 14.3 Å². The minimum atomic E-state index is -0.553. The Morgan fingerprint density at radius 2 is 1.93 bits per heavy atom. The molecule has 1 atom stereocenters. The second kappa shape index (κ2) is 9.48. The lowest BCUT2D eigenvalue weighted by atomic mass is 10.0. The third kappa shape index (κ3) is 6.04. The van der Waals surface area contributed by atoms with E-state index in [1.807, 2.05) is 0 Å². The van der Waals surface area contributed by atoms with E-state index in [1.54, 1.807) is 31.2 Å². The lowest BCUT2D eigenvalue weighted by molar-refractivity contribution is -0.141. The number of halogens is 1. The highest BCUT2D eigenvalue weighted by Crippen LogP contribution is 2.20. The van der Waals surface area contributed by atoms with Crippen molar-refractivity contribution in [1.29, 1.82) is 0 Å². The van der Waals surface area contributed by atoms with Gasteiger partial charge in [0.1, 0.15) is 0 Å². The maximum Gasteiger partial charge on any atom is 0.307 e. The number of nitrogens with one attached hydrogen (secondary N) is 3. The number of rotatable bonds is 7. The molecule has 0 saturated heterocycles. The number of methoxy groups -OCH3 is 1. The highest BCUT2D eigenvalue weighted by molar-refractivity contribution is 7.71. The minimum absolute atomic E-state index is 0.0120. The van der Waals surface area contributed by atoms with Crippen LogP contribution in [0.25, 0.3) is 0 Å². The summed E-state index contributed by atoms with van der Waals surface area (Å²) in [6, 6.07) is 6.29. The van der Waals surface area contributed by atoms with Gasteiger partial charge in [-0.1, -0.05) is 23.7 Å². The van der Waals surface area contributed by atoms with Gasteiger partial charge in [-0.2, -0.15) is 0 Å². The molecule has 9 heteroatoms. The van der Waals surface area contributed by atoms with Crippen LogP contribution in [-0.2, 0) is 20.7 Å². The SMILES string of the molecule is COC(=O)CC(NC(=O)CCc1c(C)[nH]c(=S)[nH]c1=O)c1ccc(Cl)cc1. The first kappa shape index (κ1) is 20.9. The monoisotopic (exact) mass is 409 g/mol. The van der Waals surface area contributed by atoms with E-state index in [2.05, 4.69) is 15.3 Å². The lowest BCUT2D eigenvalue weighted by Crippen LogP contribution is -2.31. The van der Waals surface area contributed by atoms with Crippen LogP contribution in [0.3, 0.4) is 0 Å². The fraction of sp³-hybridized carbons (Fsp3) is 0.333. The zero-order chi connectivity index (χ0) is 20.0. The van der Waals surface area contributed by atoms with Gasteiger partial charge < -0.3 is 15.0 Å². The average Bonchev–Trinajstić information content (AvgIpc) is 2.60. The van der Waals surface area contributed by atoms with E-state index >= 15 is 0 Å². The summed E-state index contributed by atoms with van der Waals surface area (Å²) >= 11 is 10.8. The number of aromatic amines is 2. The third-order valence-electron chi connectivity index (χ3n) is 4.06. The number of aryl methyl sites for hydroxylation is 1. The highest BCUT2D eigenvalue weighted by Gasteiger charge is 2.19. The molecule has 0 aliphatic rings. The number of H-pyrrole nitrogens is 2. The third-order valence-corrected chi connectivity index (χ3v) is 4.52. The number of amides is 1. The molecule has 7 nitrogen and oxygen atoms in total. The van der Waals surface area contributed by atoms with E-state index in [9.17, 15) is 14.4 Å². The summed E-state index contributed by atoms with van der Waals surface area (Å²) in [7, 11) is 1.29. The number of hydrogen-bond donors (Lipinski definition) is 3. The van der Waals surface area contributed by atoms with E-state index in [4.69, 9.17) is 28.6 Å². The number of esters is 1. The largest absolute Gasteiger partial charge is 0.469 e. The van der Waals surface area contributed by atoms with Crippen molar-refractivity contribution in [2.45, 2.75) is 32.2 Å². The number of benzene rings is 1. The van der Waals surface area contributed by atoms with Gasteiger partial charge >= 0.3 is 5.97 Å². The molecule has 0 radical (unpaired) electrons. The van der Waals surface area contributed by atoms with E-state index in [1.165, 1.54) is 7.11 Å². The number of aromatic nitrogens is 2. The Hall–Kier alpha value is -2.45. The Bertz CT molecular complexity index is 937. The molecule has 0 saturated carbocycles. The quantitative estimate of drug-likeness (QED) is 0.481. The molecular weight excluding hydrogens is 390 g/mol. The molecular formula is C18H20ClN3O4S. The van der Waals surface area contributed by atoms with Gasteiger partial charge in [0.25, 0.3) is 5.56 Å². The number of carbonyl (C=O) groups is 2. The van der Waals surface area contributed by atoms with Crippen molar-refractivity contribution in [3.63, 3.8) is 0 Å². The van der Waals surface area contributed by atoms with Crippen molar-refractivity contribution in [2.75, 3.05) is 7.11 Å². The molecule has 1 amide bonds. The van der Waals surface area contributed by atoms with Crippen molar-refractivity contribution in [3.8, 4) is 0 Å². The predicted octanol–water partition coefficient (Wildman–Crippen LogP) is 2.75. The van der Waals surface area contributed by atoms with Crippen molar-refractivity contribution in [3.05, 3.63) is 61.2 Å². The first-order chi connectivity index (χ1) is 12.8. The Morgan fingerprint density at radius 1 is 1.26 bits per heavy atom. The summed E-state index contributed by atoms with van der Waals surface area (Å²) in [6.45, 7) is 1.73. The fourth-order valence-electron chi connectivity index (χ4n) is 2.63. The molecule has 0 spiro atoms. The molecule has 3 N–H and O–H groups in total. The van der Waals surface area contributed by atoms with Crippen LogP contribution in [0.1, 0.15) is 35.7 Å². The standard InChI is InChI=1S/C18H20ClN3O4S/c1-10-13(17(25)22-18(27)20-10)7-8-15(23)21-14(9-16(24)26-2)11-3-5-12(19)6-4-11/h3-6,14H,7-9H2,1-2H3,(H,21,23)(H2,20,22,25,27). The van der Waals surface area contributed by atoms with Gasteiger partial charge in [0.05, 0.1) is 19.6 Å². The molecule has 144 valence electrons. The zero-order valence-corrected chi connectivity index (χ0v) is 16.5. The van der Waals surface area contributed by atoms with Crippen LogP contribution in [-0.4, -0.2) is 29.0 Å². The molecule has 1 heterocycles. The van der Waals surface area contributed by atoms with E-state index in [-0.39, 0.29) is 35.5 Å². The molecule has 0 aliphatic carbocycles. The van der Waals surface area contributed by atoms with Gasteiger partial charge in [0.2, 0.25) is 5.91 Å². The molecule has 0 aliphatic heterocycles. The van der Waals surface area contributed by atoms with Gasteiger partial charge in [-0.05, 0) is 43.3 Å². The summed E-state index contributed by atoms with van der Waals surface area (Å²) < 4.78 is 4.95. The Balaban J connectivity index is 2.09. The number of carbonyl (C=O) groups excluding carboxylic acids is 2. The van der Waals surface area contributed by atoms with Crippen LogP contribution < -0.4 is 10.9 Å². The van der Waals surface area contributed by atoms with E-state index in [0.29, 0.717) is 16.3 Å². The van der Waals surface area contributed by atoms with Gasteiger partial charge in [-0.25, -0.2) is 0 Å². The smallest absolute Gasteiger partial charge is 0.307 e. The van der Waals surface area contributed by atoms with Gasteiger partial charge in [-0.3, -0.25) is 19.4 Å². The van der Waals surface area contributed by atoms with Crippen molar-refractivity contribution in [2.24, 2.45) is 0 Å². The van der Waals surface area contributed by atoms with Gasteiger partial charge in [0.15, 0.2) is 4.77 Å². The van der Waals surface area contributed by atoms with Crippen LogP contribution >= 0.6 is 23.8 Å². The average molecular weight is 410 g/mol. The normalized spacial score (nSPS) is 11.7. The van der Waals surface area contributed by atoms with Crippen LogP contribution in [0.15, 0.2) is 29.1 Å². The van der Waals surface area contributed by atoms with Crippen LogP contribution in [0.2, 0.25) is 5.02 Å². The number of ether oxygens (including phenoxy) is 1. The van der Waals surface area contributed by atoms with Crippen LogP contribution in [0, 0.1) is 11.7 Å². The fourth-order valence-corrected chi connectivity index (χ4v) is 3.00. The van der Waals surface area contributed by atoms with Crippen LogP contribution in [0.5, 0.6) is 0 Å². The van der Waals surface area contributed by atoms with Gasteiger partial charge in [0, 0.05) is 22.7 Å². The zero-order valence-electron chi connectivity index (χ0n) is 14.9. The van der Waals surface area contributed by atoms with Crippen molar-refractivity contribution in [1.82, 2.24) is 15.3 Å². The summed E-state index contributed by atoms with van der Waals surface area (Å²) in [5.41, 5.74) is 1.51. The Morgan fingerprint density at radius 3 is 2.52 bits per heavy atom. The predicted molar refractivity (Wildman–Crippen MR) is 104 cm³/mol. The molecule has 1 aromatic heterocycles. The minimum Gasteiger partial charge on any atom is -0.469 e. The first-order valence-electron chi connectivity index (χ1n) is 8.24. The summed E-state index contributed by atoms with van der Waals surface area (Å²) in [5, 5.41) is 3.37. The Labute approximate surface area is 166 Å². The summed E-state index contributed by atoms with van der Waals surface area (Å²) in [4.78, 5) is 41.4. The molecule has 2 rings (SSSR count). The molecule has 2 aromatic rings. The first-order valence-corrected chi connectivity index (χ1v) is 9.02. The summed E-state index contributed by atoms with van der Waals surface area (Å²) in [6.07, 6.45) is 0.312. The molecule has 1 aromatic carbocycles. The maximum atomic E-state index is 12.4. The molecule has 1 unspecified atom stereocenters. The second-order valence-electron chi connectivity index (χ2n) is 5.96. The molecule has 0 fully saturated rings. The topological polar surface area (TPSA) is 104 Å². The summed E-state index contributed by atoms with van der Waals surface area (Å²) in [5.74, 6) is -0.738. The van der Waals surface area contributed by atoms with E-state index < -0.39 is 12.0 Å². The van der Waals surface area contributed by atoms with E-state index in [0.717, 1.165) is 5.56 Å². The Kier molecular flexibility index (Phi) is 7.32.